The minimum Gasteiger partial charge on any atom is -0.465 e. The van der Waals surface area contributed by atoms with E-state index in [4.69, 9.17) is 17.0 Å². The van der Waals surface area contributed by atoms with Gasteiger partial charge in [0.2, 0.25) is 5.91 Å². The van der Waals surface area contributed by atoms with Crippen LogP contribution >= 0.6 is 12.2 Å². The van der Waals surface area contributed by atoms with Crippen molar-refractivity contribution in [2.24, 2.45) is 0 Å². The van der Waals surface area contributed by atoms with Gasteiger partial charge in [0.25, 0.3) is 0 Å². The predicted octanol–water partition coefficient (Wildman–Crippen LogP) is 5.59. The third-order valence-electron chi connectivity index (χ3n) is 7.41. The molecule has 210 valence electrons. The number of nitrogens with zero attached hydrogens (tertiary/aromatic N) is 3. The molecule has 3 heterocycles. The van der Waals surface area contributed by atoms with Gasteiger partial charge in [-0.3, -0.25) is 9.78 Å². The molecule has 0 saturated carbocycles. The largest absolute Gasteiger partial charge is 0.465 e. The standard InChI is InChI=1S/C32H33N5O3S/c1-20-8-7-9-24(18-20)34-28(38)15-17-36-30(29(35-32(36)41)27-10-5-6-16-33-27)26-19-21(2)37(22(26)3)25-13-11-23(12-14-25)31(39)40-4/h5-14,16,18-19,29-30H,15,17H2,1-4H3,(H,34,38)(H,35,41). The first kappa shape index (κ1) is 28.0. The highest BCUT2D eigenvalue weighted by atomic mass is 32.1. The second kappa shape index (κ2) is 11.9. The summed E-state index contributed by atoms with van der Waals surface area (Å²) in [5.74, 6) is -0.446. The normalized spacial score (nSPS) is 16.4. The van der Waals surface area contributed by atoms with E-state index in [0.29, 0.717) is 17.2 Å². The number of esters is 1. The molecule has 0 spiro atoms. The molecule has 0 bridgehead atoms. The number of hydrogen-bond acceptors (Lipinski definition) is 5. The Kier molecular flexibility index (Phi) is 8.16. The van der Waals surface area contributed by atoms with Crippen LogP contribution in [0.3, 0.4) is 0 Å². The lowest BCUT2D eigenvalue weighted by Crippen LogP contribution is -2.32. The lowest BCUT2D eigenvalue weighted by Gasteiger charge is -2.28. The van der Waals surface area contributed by atoms with Gasteiger partial charge < -0.3 is 24.8 Å². The number of rotatable bonds is 8. The maximum Gasteiger partial charge on any atom is 0.337 e. The monoisotopic (exact) mass is 567 g/mol. The Morgan fingerprint density at radius 2 is 1.80 bits per heavy atom. The van der Waals surface area contributed by atoms with E-state index in [1.54, 1.807) is 18.3 Å². The average Bonchev–Trinajstić information content (AvgIpc) is 3.46. The fourth-order valence-corrected chi connectivity index (χ4v) is 5.83. The summed E-state index contributed by atoms with van der Waals surface area (Å²) in [4.78, 5) is 31.6. The number of hydrogen-bond donors (Lipinski definition) is 2. The Hall–Kier alpha value is -4.50. The van der Waals surface area contributed by atoms with Gasteiger partial charge in [-0.05, 0) is 98.7 Å². The second-order valence-corrected chi connectivity index (χ2v) is 10.6. The fourth-order valence-electron chi connectivity index (χ4n) is 5.50. The van der Waals surface area contributed by atoms with E-state index in [2.05, 4.69) is 45.0 Å². The first-order valence-electron chi connectivity index (χ1n) is 13.5. The number of anilines is 1. The molecule has 0 aliphatic carbocycles. The molecule has 8 nitrogen and oxygen atoms in total. The fraction of sp³-hybridized carbons (Fsp3) is 0.250. The molecule has 1 amide bonds. The zero-order valence-corrected chi connectivity index (χ0v) is 24.4. The topological polar surface area (TPSA) is 88.5 Å². The molecule has 2 atom stereocenters. The van der Waals surface area contributed by atoms with Gasteiger partial charge in [0.1, 0.15) is 0 Å². The number of aromatic nitrogens is 2. The molecule has 2 aromatic heterocycles. The first-order valence-corrected chi connectivity index (χ1v) is 13.9. The van der Waals surface area contributed by atoms with E-state index in [-0.39, 0.29) is 30.4 Å². The van der Waals surface area contributed by atoms with E-state index in [0.717, 1.165) is 39.6 Å². The third-order valence-corrected chi connectivity index (χ3v) is 7.77. The van der Waals surface area contributed by atoms with Gasteiger partial charge in [0.15, 0.2) is 5.11 Å². The number of thiocarbonyl (C=S) groups is 1. The van der Waals surface area contributed by atoms with Crippen LogP contribution < -0.4 is 10.6 Å². The minimum atomic E-state index is -0.371. The van der Waals surface area contributed by atoms with E-state index in [1.165, 1.54) is 7.11 Å². The van der Waals surface area contributed by atoms with Gasteiger partial charge in [-0.2, -0.15) is 0 Å². The summed E-state index contributed by atoms with van der Waals surface area (Å²) in [6.45, 7) is 6.57. The summed E-state index contributed by atoms with van der Waals surface area (Å²) in [5, 5.41) is 7.06. The van der Waals surface area contributed by atoms with Crippen molar-refractivity contribution in [2.75, 3.05) is 19.0 Å². The SMILES string of the molecule is COC(=O)c1ccc(-n2c(C)cc(C3C(c4ccccn4)NC(=S)N3CCC(=O)Nc3cccc(C)c3)c2C)cc1. The summed E-state index contributed by atoms with van der Waals surface area (Å²) < 4.78 is 7.01. The minimum absolute atomic E-state index is 0.0744. The van der Waals surface area contributed by atoms with Gasteiger partial charge >= 0.3 is 5.97 Å². The Balaban J connectivity index is 1.46. The van der Waals surface area contributed by atoms with Crippen LogP contribution in [0.25, 0.3) is 5.69 Å². The van der Waals surface area contributed by atoms with Crippen LogP contribution in [0.1, 0.15) is 57.1 Å². The Morgan fingerprint density at radius 3 is 2.49 bits per heavy atom. The number of carbonyl (C=O) groups excluding carboxylic acids is 2. The van der Waals surface area contributed by atoms with Gasteiger partial charge in [-0.1, -0.05) is 18.2 Å². The lowest BCUT2D eigenvalue weighted by molar-refractivity contribution is -0.116. The Labute approximate surface area is 245 Å². The van der Waals surface area contributed by atoms with Crippen LogP contribution in [0, 0.1) is 20.8 Å². The highest BCUT2D eigenvalue weighted by Gasteiger charge is 2.41. The molecule has 1 fully saturated rings. The Morgan fingerprint density at radius 1 is 1.02 bits per heavy atom. The highest BCUT2D eigenvalue weighted by Crippen LogP contribution is 2.41. The summed E-state index contributed by atoms with van der Waals surface area (Å²) in [5.41, 5.74) is 7.34. The predicted molar refractivity (Wildman–Crippen MR) is 163 cm³/mol. The number of pyridine rings is 1. The van der Waals surface area contributed by atoms with Crippen molar-refractivity contribution in [3.8, 4) is 5.69 Å². The van der Waals surface area contributed by atoms with Crippen molar-refractivity contribution in [3.05, 3.63) is 113 Å². The number of amides is 1. The summed E-state index contributed by atoms with van der Waals surface area (Å²) in [6.07, 6.45) is 2.05. The molecule has 1 aliphatic heterocycles. The highest BCUT2D eigenvalue weighted by molar-refractivity contribution is 7.80. The molecule has 41 heavy (non-hydrogen) atoms. The molecule has 0 radical (unpaired) electrons. The number of carbonyl (C=O) groups is 2. The van der Waals surface area contributed by atoms with E-state index in [9.17, 15) is 9.59 Å². The lowest BCUT2D eigenvalue weighted by atomic mass is 9.96. The molecule has 4 aromatic rings. The van der Waals surface area contributed by atoms with Crippen LogP contribution in [0.5, 0.6) is 0 Å². The summed E-state index contributed by atoms with van der Waals surface area (Å²) in [7, 11) is 1.37. The van der Waals surface area contributed by atoms with E-state index in [1.807, 2.05) is 61.5 Å². The average molecular weight is 568 g/mol. The van der Waals surface area contributed by atoms with Crippen molar-refractivity contribution in [3.63, 3.8) is 0 Å². The quantitative estimate of drug-likeness (QED) is 0.212. The first-order chi connectivity index (χ1) is 19.8. The van der Waals surface area contributed by atoms with Crippen molar-refractivity contribution in [1.29, 1.82) is 0 Å². The molecule has 9 heteroatoms. The van der Waals surface area contributed by atoms with Crippen molar-refractivity contribution in [2.45, 2.75) is 39.3 Å². The molecule has 1 saturated heterocycles. The van der Waals surface area contributed by atoms with Crippen molar-refractivity contribution in [1.82, 2.24) is 19.8 Å². The maximum atomic E-state index is 12.9. The second-order valence-electron chi connectivity index (χ2n) is 10.2. The molecule has 5 rings (SSSR count). The number of benzene rings is 2. The van der Waals surface area contributed by atoms with Crippen LogP contribution in [0.4, 0.5) is 5.69 Å². The zero-order valence-electron chi connectivity index (χ0n) is 23.5. The third kappa shape index (κ3) is 5.85. The van der Waals surface area contributed by atoms with Crippen molar-refractivity contribution >= 4 is 34.9 Å². The number of nitrogens with one attached hydrogen (secondary N) is 2. The van der Waals surface area contributed by atoms with Gasteiger partial charge in [-0.15, -0.1) is 0 Å². The van der Waals surface area contributed by atoms with E-state index >= 15 is 0 Å². The number of methoxy groups -OCH3 is 1. The molecular formula is C32H33N5O3S. The van der Waals surface area contributed by atoms with Gasteiger partial charge in [0.05, 0.1) is 30.5 Å². The Bertz CT molecular complexity index is 1580. The van der Waals surface area contributed by atoms with Crippen LogP contribution in [0.2, 0.25) is 0 Å². The maximum absolute atomic E-state index is 12.9. The molecule has 2 unspecified atom stereocenters. The molecule has 2 aromatic carbocycles. The van der Waals surface area contributed by atoms with E-state index < -0.39 is 0 Å². The smallest absolute Gasteiger partial charge is 0.337 e. The van der Waals surface area contributed by atoms with Crippen molar-refractivity contribution < 1.29 is 14.3 Å². The van der Waals surface area contributed by atoms with Crippen LogP contribution in [-0.2, 0) is 9.53 Å². The van der Waals surface area contributed by atoms with Crippen LogP contribution in [-0.4, -0.2) is 45.1 Å². The van der Waals surface area contributed by atoms with Crippen LogP contribution in [0.15, 0.2) is 79.0 Å². The van der Waals surface area contributed by atoms with Gasteiger partial charge in [-0.25, -0.2) is 4.79 Å². The van der Waals surface area contributed by atoms with Gasteiger partial charge in [0, 0.05) is 41.9 Å². The molecular weight excluding hydrogens is 534 g/mol. The number of aryl methyl sites for hydroxylation is 2. The zero-order chi connectivity index (χ0) is 29.1. The molecule has 2 N–H and O–H groups in total. The molecule has 1 aliphatic rings. The number of ether oxygens (including phenoxy) is 1. The summed E-state index contributed by atoms with van der Waals surface area (Å²) in [6, 6.07) is 22.8. The summed E-state index contributed by atoms with van der Waals surface area (Å²) >= 11 is 5.82.